The quantitative estimate of drug-likeness (QED) is 0.666. The molecule has 0 saturated carbocycles. The molecule has 0 spiro atoms. The van der Waals surface area contributed by atoms with Crippen molar-refractivity contribution in [2.24, 2.45) is 0 Å². The molecular weight excluding hydrogens is 190 g/mol. The molecule has 1 aromatic rings. The van der Waals surface area contributed by atoms with Crippen LogP contribution in [0, 0.1) is 11.9 Å². The molecule has 0 unspecified atom stereocenters. The standard InChI is InChI=1S/C8H12F2N4/c1-13(2)6-5(9)7(14(3)4)12-8(10)11-6/h1-4H3. The van der Waals surface area contributed by atoms with E-state index in [4.69, 9.17) is 0 Å². The molecule has 0 bridgehead atoms. The third kappa shape index (κ3) is 1.89. The Morgan fingerprint density at radius 1 is 0.857 bits per heavy atom. The summed E-state index contributed by atoms with van der Waals surface area (Å²) in [4.78, 5) is 9.52. The SMILES string of the molecule is CN(C)c1nc(F)nc(N(C)C)c1F. The number of aromatic nitrogens is 2. The van der Waals surface area contributed by atoms with Gasteiger partial charge in [0.1, 0.15) is 0 Å². The Morgan fingerprint density at radius 3 is 1.50 bits per heavy atom. The van der Waals surface area contributed by atoms with Gasteiger partial charge in [-0.05, 0) is 0 Å². The van der Waals surface area contributed by atoms with Crippen molar-refractivity contribution in [3.8, 4) is 0 Å². The Bertz CT molecular complexity index is 309. The molecule has 1 heterocycles. The fraction of sp³-hybridized carbons (Fsp3) is 0.500. The number of halogens is 2. The Morgan fingerprint density at radius 2 is 1.21 bits per heavy atom. The maximum atomic E-state index is 13.6. The summed E-state index contributed by atoms with van der Waals surface area (Å²) in [6, 6.07) is 0. The third-order valence-electron chi connectivity index (χ3n) is 1.64. The van der Waals surface area contributed by atoms with E-state index >= 15 is 0 Å². The Labute approximate surface area is 81.2 Å². The maximum absolute atomic E-state index is 13.6. The lowest BCUT2D eigenvalue weighted by atomic mass is 10.4. The van der Waals surface area contributed by atoms with Gasteiger partial charge in [0.05, 0.1) is 0 Å². The first-order valence-electron chi connectivity index (χ1n) is 4.01. The first kappa shape index (κ1) is 10.6. The predicted octanol–water partition coefficient (Wildman–Crippen LogP) is 0.887. The molecule has 1 aromatic heterocycles. The van der Waals surface area contributed by atoms with Crippen LogP contribution in [0.2, 0.25) is 0 Å². The zero-order valence-electron chi connectivity index (χ0n) is 8.54. The van der Waals surface area contributed by atoms with Crippen LogP contribution < -0.4 is 9.80 Å². The lowest BCUT2D eigenvalue weighted by Gasteiger charge is -2.17. The molecule has 0 atom stereocenters. The van der Waals surface area contributed by atoms with Crippen molar-refractivity contribution < 1.29 is 8.78 Å². The van der Waals surface area contributed by atoms with E-state index in [0.717, 1.165) is 0 Å². The molecule has 1 rings (SSSR count). The van der Waals surface area contributed by atoms with Crippen LogP contribution in [-0.4, -0.2) is 38.2 Å². The summed E-state index contributed by atoms with van der Waals surface area (Å²) in [6.45, 7) is 0. The second-order valence-electron chi connectivity index (χ2n) is 3.24. The zero-order chi connectivity index (χ0) is 10.9. The molecule has 0 aliphatic heterocycles. The summed E-state index contributed by atoms with van der Waals surface area (Å²) >= 11 is 0. The van der Waals surface area contributed by atoms with Crippen molar-refractivity contribution in [2.75, 3.05) is 38.0 Å². The van der Waals surface area contributed by atoms with Crippen molar-refractivity contribution in [3.63, 3.8) is 0 Å². The van der Waals surface area contributed by atoms with Crippen LogP contribution in [0.1, 0.15) is 0 Å². The van der Waals surface area contributed by atoms with Gasteiger partial charge in [-0.25, -0.2) is 0 Å². The van der Waals surface area contributed by atoms with Gasteiger partial charge in [-0.2, -0.15) is 18.7 Å². The van der Waals surface area contributed by atoms with Gasteiger partial charge in [-0.1, -0.05) is 0 Å². The minimum absolute atomic E-state index is 0.0544. The van der Waals surface area contributed by atoms with Crippen molar-refractivity contribution in [1.82, 2.24) is 9.97 Å². The van der Waals surface area contributed by atoms with Crippen molar-refractivity contribution in [1.29, 1.82) is 0 Å². The summed E-state index contributed by atoms with van der Waals surface area (Å²) in [5.74, 6) is -0.733. The molecule has 0 radical (unpaired) electrons. The molecule has 0 saturated heterocycles. The Balaban J connectivity index is 3.32. The average Bonchev–Trinajstić information content (AvgIpc) is 2.07. The highest BCUT2D eigenvalue weighted by molar-refractivity contribution is 5.50. The van der Waals surface area contributed by atoms with Crippen molar-refractivity contribution >= 4 is 11.6 Å². The van der Waals surface area contributed by atoms with Gasteiger partial charge in [-0.15, -0.1) is 0 Å². The molecule has 0 N–H and O–H groups in total. The van der Waals surface area contributed by atoms with E-state index < -0.39 is 11.9 Å². The topological polar surface area (TPSA) is 32.3 Å². The van der Waals surface area contributed by atoms with Gasteiger partial charge in [0, 0.05) is 28.2 Å². The molecular formula is C8H12F2N4. The van der Waals surface area contributed by atoms with Crippen LogP contribution in [0.5, 0.6) is 0 Å². The number of anilines is 2. The Kier molecular flexibility index (Phi) is 2.83. The highest BCUT2D eigenvalue weighted by atomic mass is 19.1. The molecule has 78 valence electrons. The van der Waals surface area contributed by atoms with Crippen LogP contribution in [0.3, 0.4) is 0 Å². The molecule has 14 heavy (non-hydrogen) atoms. The van der Waals surface area contributed by atoms with Crippen LogP contribution in [-0.2, 0) is 0 Å². The van der Waals surface area contributed by atoms with Crippen molar-refractivity contribution in [3.05, 3.63) is 11.9 Å². The first-order chi connectivity index (χ1) is 6.43. The summed E-state index contributed by atoms with van der Waals surface area (Å²) in [5.41, 5.74) is 0. The smallest absolute Gasteiger partial charge is 0.312 e. The molecule has 4 nitrogen and oxygen atoms in total. The molecule has 0 aliphatic rings. The molecule has 0 fully saturated rings. The summed E-state index contributed by atoms with van der Waals surface area (Å²) in [5, 5.41) is 0. The number of nitrogens with zero attached hydrogens (tertiary/aromatic N) is 4. The average molecular weight is 202 g/mol. The van der Waals surface area contributed by atoms with E-state index in [0.29, 0.717) is 0 Å². The van der Waals surface area contributed by atoms with E-state index in [1.165, 1.54) is 9.80 Å². The summed E-state index contributed by atoms with van der Waals surface area (Å²) < 4.78 is 26.5. The van der Waals surface area contributed by atoms with Gasteiger partial charge in [-0.3, -0.25) is 0 Å². The van der Waals surface area contributed by atoms with E-state index in [1.807, 2.05) is 0 Å². The van der Waals surface area contributed by atoms with E-state index in [2.05, 4.69) is 9.97 Å². The fourth-order valence-electron chi connectivity index (χ4n) is 0.991. The number of rotatable bonds is 2. The molecule has 0 aromatic carbocycles. The van der Waals surface area contributed by atoms with Gasteiger partial charge in [0.25, 0.3) is 0 Å². The van der Waals surface area contributed by atoms with Crippen molar-refractivity contribution in [2.45, 2.75) is 0 Å². The zero-order valence-corrected chi connectivity index (χ0v) is 8.54. The lowest BCUT2D eigenvalue weighted by molar-refractivity contribution is 0.516. The second kappa shape index (κ2) is 3.73. The van der Waals surface area contributed by atoms with Gasteiger partial charge in [0.2, 0.25) is 5.82 Å². The predicted molar refractivity (Wildman–Crippen MR) is 50.6 cm³/mol. The molecule has 0 aliphatic carbocycles. The van der Waals surface area contributed by atoms with E-state index in [1.54, 1.807) is 28.2 Å². The summed E-state index contributed by atoms with van der Waals surface area (Å²) in [7, 11) is 6.35. The van der Waals surface area contributed by atoms with Crippen LogP contribution in [0.15, 0.2) is 0 Å². The Hall–Kier alpha value is -1.46. The number of hydrogen-bond donors (Lipinski definition) is 0. The highest BCUT2D eigenvalue weighted by Crippen LogP contribution is 2.21. The molecule has 6 heteroatoms. The normalized spacial score (nSPS) is 10.1. The minimum Gasteiger partial charge on any atom is -0.360 e. The lowest BCUT2D eigenvalue weighted by Crippen LogP contribution is -2.20. The van der Waals surface area contributed by atoms with Gasteiger partial charge >= 0.3 is 6.08 Å². The first-order valence-corrected chi connectivity index (χ1v) is 4.01. The summed E-state index contributed by atoms with van der Waals surface area (Å²) in [6.07, 6.45) is -0.932. The van der Waals surface area contributed by atoms with Gasteiger partial charge in [0.15, 0.2) is 11.6 Å². The van der Waals surface area contributed by atoms with Crippen LogP contribution in [0.25, 0.3) is 0 Å². The van der Waals surface area contributed by atoms with Crippen LogP contribution in [0.4, 0.5) is 20.4 Å². The maximum Gasteiger partial charge on any atom is 0.312 e. The third-order valence-corrected chi connectivity index (χ3v) is 1.64. The minimum atomic E-state index is -0.932. The largest absolute Gasteiger partial charge is 0.360 e. The highest BCUT2D eigenvalue weighted by Gasteiger charge is 2.16. The van der Waals surface area contributed by atoms with E-state index in [9.17, 15) is 8.78 Å². The monoisotopic (exact) mass is 202 g/mol. The fourth-order valence-corrected chi connectivity index (χ4v) is 0.991. The van der Waals surface area contributed by atoms with Crippen LogP contribution >= 0.6 is 0 Å². The van der Waals surface area contributed by atoms with Gasteiger partial charge < -0.3 is 9.80 Å². The van der Waals surface area contributed by atoms with E-state index in [-0.39, 0.29) is 11.6 Å². The second-order valence-corrected chi connectivity index (χ2v) is 3.24. The molecule has 0 amide bonds. The number of hydrogen-bond acceptors (Lipinski definition) is 4.